The van der Waals surface area contributed by atoms with Gasteiger partial charge in [-0.3, -0.25) is 10.1 Å². The number of benzene rings is 1. The number of carboxylic acids is 1. The first-order chi connectivity index (χ1) is 9.34. The van der Waals surface area contributed by atoms with Crippen molar-refractivity contribution in [2.45, 2.75) is 45.7 Å². The fraction of sp³-hybridized carbons (Fsp3) is 0.500. The van der Waals surface area contributed by atoms with E-state index in [4.69, 9.17) is 0 Å². The standard InChI is InChI=1S/C14H20N2O4/c1-4-14(3,5-2)15-9-10-7-6-8-11(16(19)20)12(10)13(17)18/h6-8,15H,4-5,9H2,1-3H3,(H,17,18). The van der Waals surface area contributed by atoms with Gasteiger partial charge in [-0.25, -0.2) is 4.79 Å². The molecule has 0 spiro atoms. The molecule has 0 fully saturated rings. The number of aromatic carboxylic acids is 1. The molecule has 0 bridgehead atoms. The van der Waals surface area contributed by atoms with Crippen molar-refractivity contribution in [1.29, 1.82) is 0 Å². The molecule has 2 N–H and O–H groups in total. The smallest absolute Gasteiger partial charge is 0.343 e. The summed E-state index contributed by atoms with van der Waals surface area (Å²) in [5.41, 5.74) is -0.286. The molecular formula is C14H20N2O4. The van der Waals surface area contributed by atoms with Crippen LogP contribution in [-0.2, 0) is 6.54 Å². The number of nitro groups is 1. The molecule has 0 unspecified atom stereocenters. The third kappa shape index (κ3) is 3.54. The molecule has 0 aromatic heterocycles. The highest BCUT2D eigenvalue weighted by Gasteiger charge is 2.25. The van der Waals surface area contributed by atoms with Crippen molar-refractivity contribution in [3.63, 3.8) is 0 Å². The molecule has 6 nitrogen and oxygen atoms in total. The van der Waals surface area contributed by atoms with Crippen LogP contribution in [-0.4, -0.2) is 21.5 Å². The van der Waals surface area contributed by atoms with Crippen LogP contribution in [0.2, 0.25) is 0 Å². The maximum absolute atomic E-state index is 11.3. The van der Waals surface area contributed by atoms with Crippen LogP contribution in [0.5, 0.6) is 0 Å². The van der Waals surface area contributed by atoms with E-state index in [1.807, 2.05) is 20.8 Å². The number of rotatable bonds is 7. The molecule has 0 saturated carbocycles. The SMILES string of the molecule is CCC(C)(CC)NCc1cccc([N+](=O)[O-])c1C(=O)O. The predicted octanol–water partition coefficient (Wildman–Crippen LogP) is 2.96. The fourth-order valence-electron chi connectivity index (χ4n) is 1.94. The van der Waals surface area contributed by atoms with E-state index in [-0.39, 0.29) is 16.8 Å². The lowest BCUT2D eigenvalue weighted by Crippen LogP contribution is -2.40. The van der Waals surface area contributed by atoms with E-state index in [1.54, 1.807) is 6.07 Å². The zero-order valence-corrected chi connectivity index (χ0v) is 12.0. The molecule has 0 radical (unpaired) electrons. The molecule has 0 aliphatic rings. The van der Waals surface area contributed by atoms with Crippen molar-refractivity contribution < 1.29 is 14.8 Å². The van der Waals surface area contributed by atoms with Crippen molar-refractivity contribution >= 4 is 11.7 Å². The highest BCUT2D eigenvalue weighted by Crippen LogP contribution is 2.23. The number of carbonyl (C=O) groups is 1. The van der Waals surface area contributed by atoms with E-state index >= 15 is 0 Å². The Balaban J connectivity index is 3.10. The maximum Gasteiger partial charge on any atom is 0.343 e. The number of nitro benzene ring substituents is 1. The molecule has 110 valence electrons. The minimum Gasteiger partial charge on any atom is -0.477 e. The second kappa shape index (κ2) is 6.47. The molecule has 1 aromatic rings. The summed E-state index contributed by atoms with van der Waals surface area (Å²) < 4.78 is 0. The topological polar surface area (TPSA) is 92.5 Å². The van der Waals surface area contributed by atoms with Crippen LogP contribution in [0, 0.1) is 10.1 Å². The molecule has 0 atom stereocenters. The van der Waals surface area contributed by atoms with Crippen LogP contribution in [0.1, 0.15) is 49.5 Å². The van der Waals surface area contributed by atoms with Gasteiger partial charge in [-0.15, -0.1) is 0 Å². The van der Waals surface area contributed by atoms with Gasteiger partial charge in [0.05, 0.1) is 4.92 Å². The van der Waals surface area contributed by atoms with Crippen molar-refractivity contribution in [2.24, 2.45) is 0 Å². The summed E-state index contributed by atoms with van der Waals surface area (Å²) in [6.45, 7) is 6.43. The van der Waals surface area contributed by atoms with Gasteiger partial charge in [0.15, 0.2) is 0 Å². The Kier molecular flexibility index (Phi) is 5.21. The number of hydrogen-bond acceptors (Lipinski definition) is 4. The summed E-state index contributed by atoms with van der Waals surface area (Å²) in [6.07, 6.45) is 1.78. The quantitative estimate of drug-likeness (QED) is 0.591. The second-order valence-electron chi connectivity index (χ2n) is 4.99. The Labute approximate surface area is 118 Å². The van der Waals surface area contributed by atoms with E-state index in [9.17, 15) is 20.0 Å². The normalized spacial score (nSPS) is 11.3. The van der Waals surface area contributed by atoms with Crippen LogP contribution in [0.3, 0.4) is 0 Å². The summed E-state index contributed by atoms with van der Waals surface area (Å²) in [5.74, 6) is -1.27. The molecule has 6 heteroatoms. The summed E-state index contributed by atoms with van der Waals surface area (Å²) in [4.78, 5) is 21.5. The van der Waals surface area contributed by atoms with Gasteiger partial charge in [-0.2, -0.15) is 0 Å². The van der Waals surface area contributed by atoms with Crippen LogP contribution >= 0.6 is 0 Å². The molecule has 0 saturated heterocycles. The number of nitrogens with one attached hydrogen (secondary N) is 1. The van der Waals surface area contributed by atoms with Crippen LogP contribution in [0.4, 0.5) is 5.69 Å². The Hall–Kier alpha value is -1.95. The van der Waals surface area contributed by atoms with E-state index in [0.717, 1.165) is 12.8 Å². The van der Waals surface area contributed by atoms with Crippen LogP contribution in [0.15, 0.2) is 18.2 Å². The Morgan fingerprint density at radius 2 is 2.00 bits per heavy atom. The zero-order chi connectivity index (χ0) is 15.3. The second-order valence-corrected chi connectivity index (χ2v) is 4.99. The number of nitrogens with zero attached hydrogens (tertiary/aromatic N) is 1. The first-order valence-electron chi connectivity index (χ1n) is 6.59. The number of carboxylic acid groups (broad SMARTS) is 1. The molecule has 0 amide bonds. The van der Waals surface area contributed by atoms with Gasteiger partial charge < -0.3 is 10.4 Å². The Morgan fingerprint density at radius 3 is 2.45 bits per heavy atom. The van der Waals surface area contributed by atoms with Crippen molar-refractivity contribution in [1.82, 2.24) is 5.32 Å². The monoisotopic (exact) mass is 280 g/mol. The van der Waals surface area contributed by atoms with Gasteiger partial charge in [0.2, 0.25) is 0 Å². The van der Waals surface area contributed by atoms with E-state index < -0.39 is 10.9 Å². The lowest BCUT2D eigenvalue weighted by Gasteiger charge is -2.28. The third-order valence-electron chi connectivity index (χ3n) is 3.81. The minimum absolute atomic E-state index is 0.111. The minimum atomic E-state index is -1.27. The molecular weight excluding hydrogens is 260 g/mol. The largest absolute Gasteiger partial charge is 0.477 e. The summed E-state index contributed by atoms with van der Waals surface area (Å²) >= 11 is 0. The van der Waals surface area contributed by atoms with Crippen molar-refractivity contribution in [2.75, 3.05) is 0 Å². The summed E-state index contributed by atoms with van der Waals surface area (Å²) in [7, 11) is 0. The summed E-state index contributed by atoms with van der Waals surface area (Å²) in [5, 5.41) is 23.4. The lowest BCUT2D eigenvalue weighted by atomic mass is 9.94. The zero-order valence-electron chi connectivity index (χ0n) is 12.0. The fourth-order valence-corrected chi connectivity index (χ4v) is 1.94. The van der Waals surface area contributed by atoms with Gasteiger partial charge >= 0.3 is 5.97 Å². The van der Waals surface area contributed by atoms with Crippen LogP contribution < -0.4 is 5.32 Å². The molecule has 0 aliphatic carbocycles. The first-order valence-corrected chi connectivity index (χ1v) is 6.59. The predicted molar refractivity (Wildman–Crippen MR) is 75.9 cm³/mol. The lowest BCUT2D eigenvalue weighted by molar-refractivity contribution is -0.385. The van der Waals surface area contributed by atoms with E-state index in [0.29, 0.717) is 12.1 Å². The molecule has 0 aliphatic heterocycles. The average Bonchev–Trinajstić information content (AvgIpc) is 2.44. The van der Waals surface area contributed by atoms with Gasteiger partial charge in [0.25, 0.3) is 5.69 Å². The van der Waals surface area contributed by atoms with Gasteiger partial charge in [-0.05, 0) is 25.3 Å². The van der Waals surface area contributed by atoms with E-state index in [1.165, 1.54) is 12.1 Å². The third-order valence-corrected chi connectivity index (χ3v) is 3.81. The molecule has 20 heavy (non-hydrogen) atoms. The highest BCUT2D eigenvalue weighted by molar-refractivity contribution is 5.94. The van der Waals surface area contributed by atoms with Gasteiger partial charge in [0, 0.05) is 18.2 Å². The Bertz CT molecular complexity index is 510. The van der Waals surface area contributed by atoms with E-state index in [2.05, 4.69) is 5.32 Å². The highest BCUT2D eigenvalue weighted by atomic mass is 16.6. The van der Waals surface area contributed by atoms with Crippen molar-refractivity contribution in [3.05, 3.63) is 39.4 Å². The number of hydrogen-bond donors (Lipinski definition) is 2. The maximum atomic E-state index is 11.3. The first kappa shape index (κ1) is 16.1. The summed E-state index contributed by atoms with van der Waals surface area (Å²) in [6, 6.07) is 4.33. The van der Waals surface area contributed by atoms with Crippen LogP contribution in [0.25, 0.3) is 0 Å². The van der Waals surface area contributed by atoms with Gasteiger partial charge in [0.1, 0.15) is 5.56 Å². The molecule has 1 rings (SSSR count). The average molecular weight is 280 g/mol. The molecule has 0 heterocycles. The Morgan fingerprint density at radius 1 is 1.40 bits per heavy atom. The van der Waals surface area contributed by atoms with Crippen molar-refractivity contribution in [3.8, 4) is 0 Å². The van der Waals surface area contributed by atoms with Gasteiger partial charge in [-0.1, -0.05) is 26.0 Å². The molecule has 1 aromatic carbocycles.